The van der Waals surface area contributed by atoms with Gasteiger partial charge in [0.1, 0.15) is 0 Å². The van der Waals surface area contributed by atoms with E-state index in [0.717, 1.165) is 0 Å². The largest absolute Gasteiger partial charge is 0.0711 e. The SMILES string of the molecule is C[SiH](C)C1(C2C(CC3(C)CCCCC3)=Cc3c(-c4ccc(C(C)(C)C)cc4)cccc32)C(CC2(C)CCCCC2)=Cc2c(-c3ccc(C(C)(C)C)cc3)cccc21. The Bertz CT molecular complexity index is 2150. The topological polar surface area (TPSA) is 0 Å². The van der Waals surface area contributed by atoms with Gasteiger partial charge in [0.05, 0.1) is 0 Å². The molecule has 0 saturated heterocycles. The summed E-state index contributed by atoms with van der Waals surface area (Å²) in [7, 11) is -1.46. The fraction of sp³-hybridized carbons (Fsp3) is 0.500. The molecule has 4 aliphatic rings. The third-order valence-electron chi connectivity index (χ3n) is 15.4. The van der Waals surface area contributed by atoms with Crippen molar-refractivity contribution >= 4 is 20.9 Å². The zero-order valence-electron chi connectivity index (χ0n) is 37.4. The Morgan fingerprint density at radius 3 is 1.51 bits per heavy atom. The van der Waals surface area contributed by atoms with Gasteiger partial charge in [-0.2, -0.15) is 0 Å². The summed E-state index contributed by atoms with van der Waals surface area (Å²) in [5.41, 5.74) is 19.1. The van der Waals surface area contributed by atoms with E-state index in [9.17, 15) is 0 Å². The van der Waals surface area contributed by atoms with Gasteiger partial charge in [-0.05, 0) is 116 Å². The highest BCUT2D eigenvalue weighted by atomic mass is 28.3. The quantitative estimate of drug-likeness (QED) is 0.157. The average Bonchev–Trinajstić information content (AvgIpc) is 3.69. The van der Waals surface area contributed by atoms with Gasteiger partial charge < -0.3 is 0 Å². The summed E-state index contributed by atoms with van der Waals surface area (Å²) >= 11 is 0. The molecule has 0 N–H and O–H groups in total. The number of fused-ring (bicyclic) bond motifs is 2. The predicted molar refractivity (Wildman–Crippen MR) is 252 cm³/mol. The van der Waals surface area contributed by atoms with E-state index < -0.39 is 8.80 Å². The number of allylic oxidation sites excluding steroid dienone is 2. The maximum Gasteiger partial charge on any atom is 0.0491 e. The lowest BCUT2D eigenvalue weighted by Crippen LogP contribution is -2.47. The van der Waals surface area contributed by atoms with Gasteiger partial charge in [0.25, 0.3) is 0 Å². The van der Waals surface area contributed by atoms with Crippen molar-refractivity contribution < 1.29 is 0 Å². The Labute approximate surface area is 349 Å². The van der Waals surface area contributed by atoms with E-state index in [2.05, 4.69) is 166 Å². The molecule has 0 aromatic heterocycles. The van der Waals surface area contributed by atoms with Crippen LogP contribution in [0.25, 0.3) is 34.4 Å². The second-order valence-corrected chi connectivity index (χ2v) is 25.4. The van der Waals surface area contributed by atoms with Crippen molar-refractivity contribution in [2.45, 2.75) is 167 Å². The second kappa shape index (κ2) is 15.0. The molecule has 2 unspecified atom stereocenters. The second-order valence-electron chi connectivity index (χ2n) is 22.2. The lowest BCUT2D eigenvalue weighted by atomic mass is 9.65. The molecule has 0 aliphatic heterocycles. The number of benzene rings is 4. The summed E-state index contributed by atoms with van der Waals surface area (Å²) in [5, 5.41) is 0.00791. The van der Waals surface area contributed by atoms with Crippen molar-refractivity contribution in [1.29, 1.82) is 0 Å². The lowest BCUT2D eigenvalue weighted by molar-refractivity contribution is 0.204. The van der Waals surface area contributed by atoms with E-state index in [-0.39, 0.29) is 15.9 Å². The van der Waals surface area contributed by atoms with E-state index in [1.54, 1.807) is 22.3 Å². The van der Waals surface area contributed by atoms with Crippen LogP contribution < -0.4 is 0 Å². The molecule has 0 amide bonds. The minimum atomic E-state index is -1.46. The van der Waals surface area contributed by atoms with Crippen molar-refractivity contribution in [2.75, 3.05) is 0 Å². The molecule has 0 heterocycles. The Morgan fingerprint density at radius 1 is 0.544 bits per heavy atom. The Balaban J connectivity index is 1.35. The summed E-state index contributed by atoms with van der Waals surface area (Å²) in [6.45, 7) is 24.7. The minimum Gasteiger partial charge on any atom is -0.0711 e. The van der Waals surface area contributed by atoms with E-state index >= 15 is 0 Å². The highest BCUT2D eigenvalue weighted by molar-refractivity contribution is 6.61. The first-order chi connectivity index (χ1) is 27.0. The third-order valence-corrected chi connectivity index (χ3v) is 18.2. The summed E-state index contributed by atoms with van der Waals surface area (Å²) in [5.74, 6) is 0.366. The fourth-order valence-corrected chi connectivity index (χ4v) is 15.0. The van der Waals surface area contributed by atoms with Gasteiger partial charge in [-0.3, -0.25) is 0 Å². The Kier molecular flexibility index (Phi) is 10.6. The third kappa shape index (κ3) is 7.43. The molecule has 2 saturated carbocycles. The lowest BCUT2D eigenvalue weighted by Gasteiger charge is -2.48. The normalized spacial score (nSPS) is 22.9. The molecule has 2 fully saturated rings. The summed E-state index contributed by atoms with van der Waals surface area (Å²) in [6.07, 6.45) is 21.7. The molecule has 4 aromatic carbocycles. The molecule has 4 aromatic rings. The van der Waals surface area contributed by atoms with Crippen LogP contribution >= 0.6 is 0 Å². The van der Waals surface area contributed by atoms with Crippen LogP contribution in [-0.4, -0.2) is 8.80 Å². The fourth-order valence-electron chi connectivity index (χ4n) is 12.2. The molecular formula is C56H72Si. The number of hydrogen-bond acceptors (Lipinski definition) is 0. The van der Waals surface area contributed by atoms with Crippen molar-refractivity contribution in [2.24, 2.45) is 10.8 Å². The molecule has 0 bridgehead atoms. The van der Waals surface area contributed by atoms with Crippen LogP contribution in [-0.2, 0) is 15.9 Å². The molecule has 57 heavy (non-hydrogen) atoms. The zero-order valence-corrected chi connectivity index (χ0v) is 38.5. The molecule has 8 rings (SSSR count). The molecule has 4 aliphatic carbocycles. The maximum absolute atomic E-state index is 2.78. The first kappa shape index (κ1) is 40.4. The zero-order chi connectivity index (χ0) is 40.4. The summed E-state index contributed by atoms with van der Waals surface area (Å²) in [4.78, 5) is 0. The van der Waals surface area contributed by atoms with Crippen LogP contribution in [0, 0.1) is 10.8 Å². The predicted octanol–water partition coefficient (Wildman–Crippen LogP) is 16.2. The molecular weight excluding hydrogens is 701 g/mol. The maximum atomic E-state index is 2.78. The number of hydrogen-bond donors (Lipinski definition) is 0. The van der Waals surface area contributed by atoms with Gasteiger partial charge in [0.15, 0.2) is 0 Å². The standard InChI is InChI=1S/C56H72Si/c1-52(2,3)42-27-23-39(24-28-42)45-19-17-21-47-48(45)35-41(37-54(7)31-13-11-14-32-54)51(47)56(57(9)10)44(38-55(8)33-15-12-16-34-55)36-49-46(20-18-22-50(49)56)40-25-29-43(30-26-40)53(4,5)6/h17-30,35-36,51,57H,11-16,31-34,37-38H2,1-10H3. The summed E-state index contributed by atoms with van der Waals surface area (Å²) < 4.78 is 0. The van der Waals surface area contributed by atoms with Gasteiger partial charge >= 0.3 is 0 Å². The highest BCUT2D eigenvalue weighted by Gasteiger charge is 2.55. The molecule has 0 nitrogen and oxygen atoms in total. The van der Waals surface area contributed by atoms with E-state index in [4.69, 9.17) is 0 Å². The van der Waals surface area contributed by atoms with E-state index in [0.29, 0.717) is 16.7 Å². The monoisotopic (exact) mass is 773 g/mol. The van der Waals surface area contributed by atoms with Crippen LogP contribution in [0.1, 0.15) is 172 Å². The van der Waals surface area contributed by atoms with Crippen LogP contribution in [0.3, 0.4) is 0 Å². The van der Waals surface area contributed by atoms with Gasteiger partial charge in [-0.25, -0.2) is 0 Å². The van der Waals surface area contributed by atoms with Crippen LogP contribution in [0.15, 0.2) is 96.1 Å². The molecule has 1 heteroatoms. The number of rotatable bonds is 8. The van der Waals surface area contributed by atoms with Gasteiger partial charge in [-0.1, -0.05) is 215 Å². The van der Waals surface area contributed by atoms with Crippen molar-refractivity contribution in [1.82, 2.24) is 0 Å². The summed E-state index contributed by atoms with van der Waals surface area (Å²) in [6, 6.07) is 34.0. The molecule has 2 atom stereocenters. The van der Waals surface area contributed by atoms with Crippen molar-refractivity contribution in [3.05, 3.63) is 129 Å². The molecule has 0 radical (unpaired) electrons. The van der Waals surface area contributed by atoms with Gasteiger partial charge in [-0.15, -0.1) is 0 Å². The highest BCUT2D eigenvalue weighted by Crippen LogP contribution is 2.64. The van der Waals surface area contributed by atoms with Crippen LogP contribution in [0.4, 0.5) is 0 Å². The molecule has 300 valence electrons. The van der Waals surface area contributed by atoms with Gasteiger partial charge in [0.2, 0.25) is 0 Å². The van der Waals surface area contributed by atoms with Crippen molar-refractivity contribution in [3.8, 4) is 22.3 Å². The molecule has 0 spiro atoms. The van der Waals surface area contributed by atoms with Gasteiger partial charge in [0, 0.05) is 19.8 Å². The van der Waals surface area contributed by atoms with Crippen LogP contribution in [0.2, 0.25) is 13.1 Å². The van der Waals surface area contributed by atoms with Crippen molar-refractivity contribution in [3.63, 3.8) is 0 Å². The minimum absolute atomic E-state index is 0.00791. The first-order valence-corrected chi connectivity index (χ1v) is 25.8. The Hall–Kier alpha value is -3.42. The Morgan fingerprint density at radius 2 is 1.02 bits per heavy atom. The van der Waals surface area contributed by atoms with E-state index in [1.807, 2.05) is 0 Å². The average molecular weight is 773 g/mol. The first-order valence-electron chi connectivity index (χ1n) is 22.9. The van der Waals surface area contributed by atoms with Crippen LogP contribution in [0.5, 0.6) is 0 Å². The smallest absolute Gasteiger partial charge is 0.0491 e. The van der Waals surface area contributed by atoms with E-state index in [1.165, 1.54) is 122 Å².